The van der Waals surface area contributed by atoms with Crippen molar-refractivity contribution >= 4 is 39.0 Å². The van der Waals surface area contributed by atoms with Gasteiger partial charge < -0.3 is 15.4 Å². The van der Waals surface area contributed by atoms with Crippen LogP contribution in [0.15, 0.2) is 71.3 Å². The Morgan fingerprint density at radius 2 is 1.80 bits per heavy atom. The third-order valence-corrected chi connectivity index (χ3v) is 4.20. The van der Waals surface area contributed by atoms with E-state index in [1.807, 2.05) is 48.5 Å². The predicted molar refractivity (Wildman–Crippen MR) is 103 cm³/mol. The van der Waals surface area contributed by atoms with E-state index in [-0.39, 0.29) is 5.91 Å². The molecule has 2 aromatic carbocycles. The van der Waals surface area contributed by atoms with E-state index >= 15 is 0 Å². The number of hydrogen-bond acceptors (Lipinski definition) is 4. The Labute approximate surface area is 154 Å². The highest BCUT2D eigenvalue weighted by Crippen LogP contribution is 2.27. The maximum Gasteiger partial charge on any atom is 0.257 e. The van der Waals surface area contributed by atoms with Gasteiger partial charge in [0.25, 0.3) is 5.91 Å². The van der Waals surface area contributed by atoms with Gasteiger partial charge in [0, 0.05) is 4.47 Å². The second kappa shape index (κ2) is 7.81. The molecule has 0 fully saturated rings. The Kier molecular flexibility index (Phi) is 5.30. The number of hydrogen-bond donors (Lipinski definition) is 2. The summed E-state index contributed by atoms with van der Waals surface area (Å²) in [6.07, 6.45) is 1.65. The van der Waals surface area contributed by atoms with Gasteiger partial charge in [-0.2, -0.15) is 0 Å². The summed E-state index contributed by atoms with van der Waals surface area (Å²) in [6.45, 7) is 0. The van der Waals surface area contributed by atoms with Crippen LogP contribution in [0.2, 0.25) is 0 Å². The zero-order chi connectivity index (χ0) is 17.6. The van der Waals surface area contributed by atoms with Crippen LogP contribution < -0.4 is 15.4 Å². The molecule has 6 heteroatoms. The molecule has 25 heavy (non-hydrogen) atoms. The largest absolute Gasteiger partial charge is 0.495 e. The number of nitrogens with one attached hydrogen (secondary N) is 2. The van der Waals surface area contributed by atoms with E-state index in [1.54, 1.807) is 25.4 Å². The van der Waals surface area contributed by atoms with Crippen LogP contribution in [0.25, 0.3) is 0 Å². The fraction of sp³-hybridized carbons (Fsp3) is 0.0526. The third kappa shape index (κ3) is 4.16. The molecule has 0 atom stereocenters. The van der Waals surface area contributed by atoms with Gasteiger partial charge in [0.05, 0.1) is 30.2 Å². The highest BCUT2D eigenvalue weighted by atomic mass is 79.9. The molecule has 0 saturated carbocycles. The summed E-state index contributed by atoms with van der Waals surface area (Å²) in [5.74, 6) is 1.01. The average molecular weight is 398 g/mol. The minimum Gasteiger partial charge on any atom is -0.495 e. The lowest BCUT2D eigenvalue weighted by molar-refractivity contribution is 0.102. The Morgan fingerprint density at radius 1 is 1.04 bits per heavy atom. The number of benzene rings is 2. The number of ether oxygens (including phenoxy) is 1. The summed E-state index contributed by atoms with van der Waals surface area (Å²) in [5, 5.41) is 6.02. The van der Waals surface area contributed by atoms with Crippen molar-refractivity contribution < 1.29 is 9.53 Å². The van der Waals surface area contributed by atoms with Crippen molar-refractivity contribution in [1.82, 2.24) is 4.98 Å². The highest BCUT2D eigenvalue weighted by Gasteiger charge is 2.10. The van der Waals surface area contributed by atoms with Gasteiger partial charge in [0.1, 0.15) is 11.6 Å². The lowest BCUT2D eigenvalue weighted by atomic mass is 10.2. The van der Waals surface area contributed by atoms with Gasteiger partial charge in [0.15, 0.2) is 0 Å². The number of aromatic nitrogens is 1. The van der Waals surface area contributed by atoms with E-state index in [1.165, 1.54) is 0 Å². The van der Waals surface area contributed by atoms with Crippen LogP contribution in [0.1, 0.15) is 10.4 Å². The van der Waals surface area contributed by atoms with Gasteiger partial charge >= 0.3 is 0 Å². The molecular formula is C19H16BrN3O2. The molecule has 2 N–H and O–H groups in total. The van der Waals surface area contributed by atoms with Gasteiger partial charge in [-0.25, -0.2) is 4.98 Å². The summed E-state index contributed by atoms with van der Waals surface area (Å²) < 4.78 is 6.05. The van der Waals surface area contributed by atoms with Crippen LogP contribution in [0.3, 0.4) is 0 Å². The predicted octanol–water partition coefficient (Wildman–Crippen LogP) is 4.85. The fourth-order valence-electron chi connectivity index (χ4n) is 2.27. The smallest absolute Gasteiger partial charge is 0.257 e. The number of amides is 1. The third-order valence-electron chi connectivity index (χ3n) is 3.51. The number of methoxy groups -OCH3 is 1. The molecule has 0 aliphatic rings. The quantitative estimate of drug-likeness (QED) is 0.645. The van der Waals surface area contributed by atoms with Crippen molar-refractivity contribution in [2.45, 2.75) is 0 Å². The van der Waals surface area contributed by atoms with Crippen molar-refractivity contribution in [1.29, 1.82) is 0 Å². The van der Waals surface area contributed by atoms with E-state index in [0.29, 0.717) is 11.4 Å². The maximum absolute atomic E-state index is 12.3. The molecule has 3 rings (SSSR count). The molecule has 0 unspecified atom stereocenters. The first-order chi connectivity index (χ1) is 12.2. The van der Waals surface area contributed by atoms with Crippen LogP contribution in [-0.4, -0.2) is 18.0 Å². The molecule has 1 heterocycles. The minimum atomic E-state index is -0.217. The first-order valence-corrected chi connectivity index (χ1v) is 8.38. The Hall–Kier alpha value is -2.86. The van der Waals surface area contributed by atoms with E-state index in [9.17, 15) is 4.79 Å². The zero-order valence-corrected chi connectivity index (χ0v) is 15.1. The number of carbonyl (C=O) groups is 1. The van der Waals surface area contributed by atoms with Gasteiger partial charge in [-0.1, -0.05) is 24.3 Å². The number of halogens is 1. The van der Waals surface area contributed by atoms with E-state index in [2.05, 4.69) is 31.5 Å². The molecule has 3 aromatic rings. The first kappa shape index (κ1) is 17.0. The van der Waals surface area contributed by atoms with Crippen LogP contribution in [0.4, 0.5) is 17.2 Å². The zero-order valence-electron chi connectivity index (χ0n) is 13.5. The molecule has 0 aliphatic heterocycles. The molecule has 1 amide bonds. The van der Waals surface area contributed by atoms with Crippen LogP contribution in [-0.2, 0) is 0 Å². The Balaban J connectivity index is 1.70. The van der Waals surface area contributed by atoms with Crippen molar-refractivity contribution in [2.75, 3.05) is 17.7 Å². The highest BCUT2D eigenvalue weighted by molar-refractivity contribution is 9.10. The summed E-state index contributed by atoms with van der Waals surface area (Å²) in [6, 6.07) is 18.4. The summed E-state index contributed by atoms with van der Waals surface area (Å²) >= 11 is 3.37. The first-order valence-electron chi connectivity index (χ1n) is 7.59. The topological polar surface area (TPSA) is 63.2 Å². The molecule has 1 aromatic heterocycles. The summed E-state index contributed by atoms with van der Waals surface area (Å²) in [5.41, 5.74) is 2.20. The molecule has 0 saturated heterocycles. The molecular weight excluding hydrogens is 382 g/mol. The lowest BCUT2D eigenvalue weighted by Crippen LogP contribution is -2.13. The van der Waals surface area contributed by atoms with Crippen molar-refractivity contribution in [2.24, 2.45) is 0 Å². The molecule has 0 bridgehead atoms. The van der Waals surface area contributed by atoms with Crippen molar-refractivity contribution in [3.8, 4) is 5.75 Å². The molecule has 0 spiro atoms. The van der Waals surface area contributed by atoms with Gasteiger partial charge in [-0.3, -0.25) is 4.79 Å². The molecule has 0 aliphatic carbocycles. The average Bonchev–Trinajstić information content (AvgIpc) is 2.64. The Bertz CT molecular complexity index is 882. The van der Waals surface area contributed by atoms with Gasteiger partial charge in [0.2, 0.25) is 0 Å². The normalized spacial score (nSPS) is 10.2. The van der Waals surface area contributed by atoms with Crippen LogP contribution >= 0.6 is 15.9 Å². The number of pyridine rings is 1. The number of rotatable bonds is 5. The van der Waals surface area contributed by atoms with Gasteiger partial charge in [-0.15, -0.1) is 0 Å². The van der Waals surface area contributed by atoms with Crippen LogP contribution in [0.5, 0.6) is 5.75 Å². The van der Waals surface area contributed by atoms with Crippen molar-refractivity contribution in [3.63, 3.8) is 0 Å². The maximum atomic E-state index is 12.3. The Morgan fingerprint density at radius 3 is 2.52 bits per heavy atom. The number of para-hydroxylation sites is 2. The van der Waals surface area contributed by atoms with E-state index < -0.39 is 0 Å². The molecule has 0 radical (unpaired) electrons. The SMILES string of the molecule is COc1ccccc1Nc1ccc(NC(=O)c2ccccc2Br)nc1. The van der Waals surface area contributed by atoms with Crippen molar-refractivity contribution in [3.05, 3.63) is 76.9 Å². The van der Waals surface area contributed by atoms with Gasteiger partial charge in [-0.05, 0) is 52.3 Å². The fourth-order valence-corrected chi connectivity index (χ4v) is 2.74. The minimum absolute atomic E-state index is 0.217. The lowest BCUT2D eigenvalue weighted by Gasteiger charge is -2.11. The summed E-state index contributed by atoms with van der Waals surface area (Å²) in [7, 11) is 1.62. The second-order valence-corrected chi connectivity index (χ2v) is 6.05. The van der Waals surface area contributed by atoms with Crippen LogP contribution in [0, 0.1) is 0 Å². The molecule has 126 valence electrons. The summed E-state index contributed by atoms with van der Waals surface area (Å²) in [4.78, 5) is 16.6. The number of nitrogens with zero attached hydrogens (tertiary/aromatic N) is 1. The number of anilines is 3. The van der Waals surface area contributed by atoms with E-state index in [0.717, 1.165) is 21.6 Å². The second-order valence-electron chi connectivity index (χ2n) is 5.19. The standard InChI is InChI=1S/C19H16BrN3O2/c1-25-17-9-5-4-8-16(17)22-13-10-11-18(21-12-13)23-19(24)14-6-2-3-7-15(14)20/h2-12,22H,1H3,(H,21,23,24). The number of carbonyl (C=O) groups excluding carboxylic acids is 1. The monoisotopic (exact) mass is 397 g/mol. The van der Waals surface area contributed by atoms with E-state index in [4.69, 9.17) is 4.74 Å². The molecule has 5 nitrogen and oxygen atoms in total.